The van der Waals surface area contributed by atoms with Gasteiger partial charge in [-0.25, -0.2) is 0 Å². The zero-order valence-electron chi connectivity index (χ0n) is 11.4. The first-order valence-corrected chi connectivity index (χ1v) is 6.72. The summed E-state index contributed by atoms with van der Waals surface area (Å²) in [5.74, 6) is -1.51. The SMILES string of the molecule is COc1cccc2c1N[C@@]1(NC(=O)C(F)(F)F)CCC[C@@H]21. The number of anilines is 1. The van der Waals surface area contributed by atoms with Crippen LogP contribution in [-0.4, -0.2) is 24.9 Å². The van der Waals surface area contributed by atoms with E-state index in [4.69, 9.17) is 4.74 Å². The Bertz CT molecular complexity index is 588. The molecule has 1 aromatic carbocycles. The van der Waals surface area contributed by atoms with Crippen molar-refractivity contribution in [2.45, 2.75) is 37.0 Å². The van der Waals surface area contributed by atoms with E-state index < -0.39 is 17.7 Å². The van der Waals surface area contributed by atoms with Crippen LogP contribution in [0.15, 0.2) is 18.2 Å². The molecule has 1 aliphatic carbocycles. The summed E-state index contributed by atoms with van der Waals surface area (Å²) in [5, 5.41) is 5.24. The molecule has 2 N–H and O–H groups in total. The van der Waals surface area contributed by atoms with Crippen LogP contribution in [0.2, 0.25) is 0 Å². The molecule has 7 heteroatoms. The number of carbonyl (C=O) groups is 1. The molecule has 0 bridgehead atoms. The lowest BCUT2D eigenvalue weighted by Crippen LogP contribution is -2.56. The van der Waals surface area contributed by atoms with Crippen LogP contribution >= 0.6 is 0 Å². The molecule has 0 aromatic heterocycles. The molecule has 114 valence electrons. The van der Waals surface area contributed by atoms with E-state index in [-0.39, 0.29) is 5.92 Å². The number of fused-ring (bicyclic) bond motifs is 3. The highest BCUT2D eigenvalue weighted by Crippen LogP contribution is 2.53. The molecule has 21 heavy (non-hydrogen) atoms. The second kappa shape index (κ2) is 4.54. The van der Waals surface area contributed by atoms with Gasteiger partial charge in [-0.1, -0.05) is 12.1 Å². The number of carbonyl (C=O) groups excluding carboxylic acids is 1. The molecule has 1 aliphatic heterocycles. The number of methoxy groups -OCH3 is 1. The van der Waals surface area contributed by atoms with Crippen molar-refractivity contribution in [1.29, 1.82) is 0 Å². The fraction of sp³-hybridized carbons (Fsp3) is 0.500. The highest BCUT2D eigenvalue weighted by atomic mass is 19.4. The Hall–Kier alpha value is -1.92. The van der Waals surface area contributed by atoms with Gasteiger partial charge in [-0.2, -0.15) is 13.2 Å². The molecule has 1 heterocycles. The van der Waals surface area contributed by atoms with Crippen LogP contribution in [0.4, 0.5) is 18.9 Å². The maximum atomic E-state index is 12.6. The molecule has 0 spiro atoms. The zero-order valence-corrected chi connectivity index (χ0v) is 11.4. The Kier molecular flexibility index (Phi) is 3.04. The van der Waals surface area contributed by atoms with E-state index >= 15 is 0 Å². The molecule has 1 saturated carbocycles. The van der Waals surface area contributed by atoms with Crippen molar-refractivity contribution in [2.24, 2.45) is 0 Å². The van der Waals surface area contributed by atoms with E-state index in [0.29, 0.717) is 17.9 Å². The minimum atomic E-state index is -4.89. The van der Waals surface area contributed by atoms with Gasteiger partial charge < -0.3 is 15.4 Å². The Morgan fingerprint density at radius 2 is 2.24 bits per heavy atom. The minimum absolute atomic E-state index is 0.172. The third-order valence-corrected chi connectivity index (χ3v) is 4.25. The number of alkyl halides is 3. The van der Waals surface area contributed by atoms with Crippen LogP contribution in [0, 0.1) is 0 Å². The van der Waals surface area contributed by atoms with Crippen molar-refractivity contribution in [3.8, 4) is 5.75 Å². The maximum absolute atomic E-state index is 12.6. The van der Waals surface area contributed by atoms with Gasteiger partial charge in [0.15, 0.2) is 0 Å². The highest BCUT2D eigenvalue weighted by Gasteiger charge is 2.54. The lowest BCUT2D eigenvalue weighted by atomic mass is 9.92. The Labute approximate surface area is 119 Å². The number of halogens is 3. The molecule has 1 fully saturated rings. The predicted octanol–water partition coefficient (Wildman–Crippen LogP) is 2.76. The molecule has 0 saturated heterocycles. The van der Waals surface area contributed by atoms with E-state index in [0.717, 1.165) is 18.4 Å². The second-order valence-corrected chi connectivity index (χ2v) is 5.42. The van der Waals surface area contributed by atoms with Crippen molar-refractivity contribution in [3.05, 3.63) is 23.8 Å². The molecule has 0 radical (unpaired) electrons. The smallest absolute Gasteiger partial charge is 0.471 e. The van der Waals surface area contributed by atoms with Gasteiger partial charge in [-0.3, -0.25) is 4.79 Å². The monoisotopic (exact) mass is 300 g/mol. The summed E-state index contributed by atoms with van der Waals surface area (Å²) < 4.78 is 42.9. The molecule has 4 nitrogen and oxygen atoms in total. The van der Waals surface area contributed by atoms with Gasteiger partial charge in [0, 0.05) is 5.92 Å². The highest BCUT2D eigenvalue weighted by molar-refractivity contribution is 5.84. The number of amides is 1. The quantitative estimate of drug-likeness (QED) is 0.883. The van der Waals surface area contributed by atoms with Crippen molar-refractivity contribution in [1.82, 2.24) is 5.32 Å². The number of hydrogen-bond donors (Lipinski definition) is 2. The summed E-state index contributed by atoms with van der Waals surface area (Å²) >= 11 is 0. The largest absolute Gasteiger partial charge is 0.495 e. The predicted molar refractivity (Wildman–Crippen MR) is 70.1 cm³/mol. The first-order chi connectivity index (χ1) is 9.87. The zero-order chi connectivity index (χ0) is 15.3. The molecule has 0 unspecified atom stereocenters. The molecule has 2 aliphatic rings. The second-order valence-electron chi connectivity index (χ2n) is 5.42. The van der Waals surface area contributed by atoms with E-state index in [1.165, 1.54) is 7.11 Å². The minimum Gasteiger partial charge on any atom is -0.495 e. The summed E-state index contributed by atoms with van der Waals surface area (Å²) in [6, 6.07) is 5.41. The van der Waals surface area contributed by atoms with E-state index in [1.54, 1.807) is 12.1 Å². The number of ether oxygens (including phenoxy) is 1. The van der Waals surface area contributed by atoms with Crippen LogP contribution in [0.5, 0.6) is 5.75 Å². The first-order valence-electron chi connectivity index (χ1n) is 6.72. The third kappa shape index (κ3) is 2.11. The van der Waals surface area contributed by atoms with Crippen LogP contribution in [0.3, 0.4) is 0 Å². The van der Waals surface area contributed by atoms with E-state index in [2.05, 4.69) is 10.6 Å². The fourth-order valence-electron chi connectivity index (χ4n) is 3.40. The maximum Gasteiger partial charge on any atom is 0.471 e. The van der Waals surface area contributed by atoms with Gasteiger partial charge in [0.05, 0.1) is 12.8 Å². The van der Waals surface area contributed by atoms with Gasteiger partial charge in [-0.15, -0.1) is 0 Å². The summed E-state index contributed by atoms with van der Waals surface area (Å²) in [4.78, 5) is 11.4. The van der Waals surface area contributed by atoms with Crippen molar-refractivity contribution in [3.63, 3.8) is 0 Å². The molecule has 3 rings (SSSR count). The number of hydrogen-bond acceptors (Lipinski definition) is 3. The Morgan fingerprint density at radius 1 is 1.48 bits per heavy atom. The number of rotatable bonds is 2. The van der Waals surface area contributed by atoms with Gasteiger partial charge in [0.25, 0.3) is 0 Å². The normalized spacial score (nSPS) is 26.8. The fourth-order valence-corrected chi connectivity index (χ4v) is 3.40. The molecule has 2 atom stereocenters. The molecular formula is C14H15F3N2O2. The van der Waals surface area contributed by atoms with Gasteiger partial charge >= 0.3 is 12.1 Å². The summed E-state index contributed by atoms with van der Waals surface area (Å²) in [6.45, 7) is 0. The van der Waals surface area contributed by atoms with Crippen molar-refractivity contribution < 1.29 is 22.7 Å². The first kappa shape index (κ1) is 14.0. The van der Waals surface area contributed by atoms with Crippen LogP contribution in [0.1, 0.15) is 30.7 Å². The van der Waals surface area contributed by atoms with Gasteiger partial charge in [-0.05, 0) is 30.9 Å². The van der Waals surface area contributed by atoms with Crippen LogP contribution < -0.4 is 15.4 Å². The Morgan fingerprint density at radius 3 is 2.90 bits per heavy atom. The van der Waals surface area contributed by atoms with Gasteiger partial charge in [0.1, 0.15) is 11.4 Å². The Balaban J connectivity index is 1.96. The molecular weight excluding hydrogens is 285 g/mol. The lowest BCUT2D eigenvalue weighted by Gasteiger charge is -2.32. The van der Waals surface area contributed by atoms with Crippen molar-refractivity contribution in [2.75, 3.05) is 12.4 Å². The van der Waals surface area contributed by atoms with E-state index in [1.807, 2.05) is 6.07 Å². The van der Waals surface area contributed by atoms with Crippen LogP contribution in [-0.2, 0) is 4.79 Å². The van der Waals surface area contributed by atoms with Crippen molar-refractivity contribution >= 4 is 11.6 Å². The summed E-state index contributed by atoms with van der Waals surface area (Å²) in [6.07, 6.45) is -2.95. The summed E-state index contributed by atoms with van der Waals surface area (Å²) in [5.41, 5.74) is 0.505. The molecule has 1 amide bonds. The van der Waals surface area contributed by atoms with Crippen LogP contribution in [0.25, 0.3) is 0 Å². The number of para-hydroxylation sites is 1. The standard InChI is InChI=1S/C14H15F3N2O2/c1-21-10-6-2-4-8-9-5-3-7-13(9,18-11(8)10)19-12(20)14(15,16)17/h2,4,6,9,18H,3,5,7H2,1H3,(H,19,20)/t9-,13+/m0/s1. The summed E-state index contributed by atoms with van der Waals surface area (Å²) in [7, 11) is 1.51. The molecule has 1 aromatic rings. The topological polar surface area (TPSA) is 50.4 Å². The lowest BCUT2D eigenvalue weighted by molar-refractivity contribution is -0.175. The third-order valence-electron chi connectivity index (χ3n) is 4.25. The average molecular weight is 300 g/mol. The van der Waals surface area contributed by atoms with Gasteiger partial charge in [0.2, 0.25) is 0 Å². The average Bonchev–Trinajstić information content (AvgIpc) is 2.92. The van der Waals surface area contributed by atoms with E-state index in [9.17, 15) is 18.0 Å². The number of nitrogens with one attached hydrogen (secondary N) is 2. The number of benzene rings is 1.